The molecule has 0 radical (unpaired) electrons. The molecule has 0 unspecified atom stereocenters. The van der Waals surface area contributed by atoms with Crippen molar-refractivity contribution in [3.8, 4) is 0 Å². The van der Waals surface area contributed by atoms with Gasteiger partial charge in [0, 0.05) is 38.4 Å². The molecule has 2 aromatic rings. The Kier molecular flexibility index (Phi) is 6.01. The molecular formula is C20H26N4O. The summed E-state index contributed by atoms with van der Waals surface area (Å²) in [6.45, 7) is 5.53. The Hall–Kier alpha value is -2.40. The summed E-state index contributed by atoms with van der Waals surface area (Å²) >= 11 is 0. The Morgan fingerprint density at radius 2 is 2.12 bits per heavy atom. The smallest absolute Gasteiger partial charge is 0.252 e. The molecule has 132 valence electrons. The number of carbonyl (C=O) groups is 1. The highest BCUT2D eigenvalue weighted by molar-refractivity contribution is 5.94. The second kappa shape index (κ2) is 8.62. The van der Waals surface area contributed by atoms with Crippen LogP contribution in [0.4, 0.5) is 5.82 Å². The predicted octanol–water partition coefficient (Wildman–Crippen LogP) is 2.76. The van der Waals surface area contributed by atoms with Crippen molar-refractivity contribution in [3.63, 3.8) is 0 Å². The quantitative estimate of drug-likeness (QED) is 0.795. The van der Waals surface area contributed by atoms with Crippen molar-refractivity contribution in [3.05, 3.63) is 59.8 Å². The van der Waals surface area contributed by atoms with E-state index >= 15 is 0 Å². The van der Waals surface area contributed by atoms with E-state index in [1.165, 1.54) is 5.56 Å². The fraction of sp³-hybridized carbons (Fsp3) is 0.400. The second-order valence-corrected chi connectivity index (χ2v) is 6.38. The molecule has 0 bridgehead atoms. The van der Waals surface area contributed by atoms with Gasteiger partial charge in [0.2, 0.25) is 0 Å². The molecule has 5 heteroatoms. The maximum absolute atomic E-state index is 12.1. The van der Waals surface area contributed by atoms with Crippen LogP contribution in [0.5, 0.6) is 0 Å². The molecule has 0 aliphatic carbocycles. The number of carbonyl (C=O) groups excluding carboxylic acids is 1. The van der Waals surface area contributed by atoms with Crippen LogP contribution in [0.3, 0.4) is 0 Å². The maximum Gasteiger partial charge on any atom is 0.252 e. The summed E-state index contributed by atoms with van der Waals surface area (Å²) in [6, 6.07) is 14.6. The summed E-state index contributed by atoms with van der Waals surface area (Å²) in [6.07, 6.45) is 3.75. The van der Waals surface area contributed by atoms with Gasteiger partial charge in [-0.05, 0) is 24.1 Å². The van der Waals surface area contributed by atoms with E-state index in [9.17, 15) is 4.79 Å². The van der Waals surface area contributed by atoms with E-state index in [0.717, 1.165) is 38.3 Å². The Balaban J connectivity index is 1.62. The Labute approximate surface area is 149 Å². The van der Waals surface area contributed by atoms with E-state index in [1.807, 2.05) is 18.2 Å². The Morgan fingerprint density at radius 3 is 2.84 bits per heavy atom. The molecule has 1 saturated heterocycles. The molecule has 3 rings (SSSR count). The number of aromatic nitrogens is 1. The van der Waals surface area contributed by atoms with Gasteiger partial charge >= 0.3 is 0 Å². The molecule has 5 nitrogen and oxygen atoms in total. The minimum Gasteiger partial charge on any atom is -0.353 e. The zero-order valence-electron chi connectivity index (χ0n) is 14.7. The first-order valence-corrected chi connectivity index (χ1v) is 9.05. The van der Waals surface area contributed by atoms with Gasteiger partial charge in [-0.1, -0.05) is 43.7 Å². The van der Waals surface area contributed by atoms with Gasteiger partial charge in [-0.15, -0.1) is 0 Å². The van der Waals surface area contributed by atoms with Gasteiger partial charge in [0.25, 0.3) is 5.91 Å². The van der Waals surface area contributed by atoms with Crippen LogP contribution in [0, 0.1) is 0 Å². The van der Waals surface area contributed by atoms with Gasteiger partial charge in [-0.2, -0.15) is 0 Å². The molecule has 0 spiro atoms. The highest BCUT2D eigenvalue weighted by Crippen LogP contribution is 2.21. The fourth-order valence-corrected chi connectivity index (χ4v) is 3.05. The highest BCUT2D eigenvalue weighted by Gasteiger charge is 2.21. The number of hydrogen-bond acceptors (Lipinski definition) is 4. The Morgan fingerprint density at radius 1 is 1.28 bits per heavy atom. The topological polar surface area (TPSA) is 57.3 Å². The lowest BCUT2D eigenvalue weighted by molar-refractivity contribution is 0.0953. The lowest BCUT2D eigenvalue weighted by Gasteiger charge is -2.34. The van der Waals surface area contributed by atoms with Crippen LogP contribution in [0.15, 0.2) is 48.7 Å². The molecule has 25 heavy (non-hydrogen) atoms. The second-order valence-electron chi connectivity index (χ2n) is 6.38. The summed E-state index contributed by atoms with van der Waals surface area (Å²) in [4.78, 5) is 18.9. The van der Waals surface area contributed by atoms with Crippen LogP contribution in [-0.2, 0) is 0 Å². The maximum atomic E-state index is 12.1. The molecule has 1 aromatic heterocycles. The Bertz CT molecular complexity index is 672. The molecular weight excluding hydrogens is 312 g/mol. The summed E-state index contributed by atoms with van der Waals surface area (Å²) in [5, 5.41) is 6.48. The number of pyridine rings is 1. The van der Waals surface area contributed by atoms with Crippen molar-refractivity contribution >= 4 is 11.7 Å². The highest BCUT2D eigenvalue weighted by atomic mass is 16.1. The van der Waals surface area contributed by atoms with Crippen molar-refractivity contribution < 1.29 is 4.79 Å². The minimum atomic E-state index is -0.0463. The number of benzene rings is 1. The largest absolute Gasteiger partial charge is 0.353 e. The molecule has 1 aromatic carbocycles. The predicted molar refractivity (Wildman–Crippen MR) is 101 cm³/mol. The van der Waals surface area contributed by atoms with Crippen LogP contribution < -0.4 is 15.5 Å². The van der Waals surface area contributed by atoms with E-state index in [2.05, 4.69) is 51.7 Å². The van der Waals surface area contributed by atoms with Crippen LogP contribution in [0.25, 0.3) is 0 Å². The third kappa shape index (κ3) is 4.57. The zero-order valence-corrected chi connectivity index (χ0v) is 14.7. The average Bonchev–Trinajstić information content (AvgIpc) is 2.69. The third-order valence-corrected chi connectivity index (χ3v) is 4.53. The normalized spacial score (nSPS) is 17.3. The monoisotopic (exact) mass is 338 g/mol. The molecule has 0 saturated carbocycles. The van der Waals surface area contributed by atoms with Crippen molar-refractivity contribution in [2.45, 2.75) is 25.8 Å². The fourth-order valence-electron chi connectivity index (χ4n) is 3.05. The van der Waals surface area contributed by atoms with Gasteiger partial charge in [-0.3, -0.25) is 4.79 Å². The molecule has 2 N–H and O–H groups in total. The van der Waals surface area contributed by atoms with Crippen LogP contribution in [0.2, 0.25) is 0 Å². The summed E-state index contributed by atoms with van der Waals surface area (Å²) < 4.78 is 0. The summed E-state index contributed by atoms with van der Waals surface area (Å²) in [5.41, 5.74) is 1.91. The standard InChI is InChI=1S/C20H26N4O/c1-2-3-11-22-20(25)17-9-10-19(23-14-17)24-13-12-21-18(15-24)16-7-5-4-6-8-16/h4-10,14,18,21H,2-3,11-13,15H2,1H3,(H,22,25)/t18-/m0/s1. The van der Waals surface area contributed by atoms with Gasteiger partial charge in [0.15, 0.2) is 0 Å². The zero-order chi connectivity index (χ0) is 17.5. The number of rotatable bonds is 6. The molecule has 1 atom stereocenters. The molecule has 1 amide bonds. The summed E-state index contributed by atoms with van der Waals surface area (Å²) in [7, 11) is 0. The van der Waals surface area contributed by atoms with E-state index in [4.69, 9.17) is 0 Å². The number of piperazine rings is 1. The lowest BCUT2D eigenvalue weighted by atomic mass is 10.0. The summed E-state index contributed by atoms with van der Waals surface area (Å²) in [5.74, 6) is 0.877. The van der Waals surface area contributed by atoms with Crippen molar-refractivity contribution in [1.82, 2.24) is 15.6 Å². The lowest BCUT2D eigenvalue weighted by Crippen LogP contribution is -2.46. The number of amides is 1. The molecule has 2 heterocycles. The SMILES string of the molecule is CCCCNC(=O)c1ccc(N2CCN[C@H](c3ccccc3)C2)nc1. The van der Waals surface area contributed by atoms with Crippen LogP contribution in [-0.4, -0.2) is 37.1 Å². The van der Waals surface area contributed by atoms with Crippen molar-refractivity contribution in [1.29, 1.82) is 0 Å². The van der Waals surface area contributed by atoms with Gasteiger partial charge in [0.1, 0.15) is 5.82 Å². The van der Waals surface area contributed by atoms with Crippen LogP contribution in [0.1, 0.15) is 41.7 Å². The van der Waals surface area contributed by atoms with Crippen molar-refractivity contribution in [2.75, 3.05) is 31.1 Å². The first-order chi connectivity index (χ1) is 12.3. The van der Waals surface area contributed by atoms with E-state index in [1.54, 1.807) is 6.20 Å². The van der Waals surface area contributed by atoms with E-state index in [-0.39, 0.29) is 5.91 Å². The minimum absolute atomic E-state index is 0.0463. The first-order valence-electron chi connectivity index (χ1n) is 9.05. The molecule has 1 aliphatic heterocycles. The number of unbranched alkanes of at least 4 members (excludes halogenated alkanes) is 1. The number of nitrogens with one attached hydrogen (secondary N) is 2. The molecule has 1 fully saturated rings. The van der Waals surface area contributed by atoms with E-state index < -0.39 is 0 Å². The van der Waals surface area contributed by atoms with Crippen LogP contribution >= 0.6 is 0 Å². The average molecular weight is 338 g/mol. The molecule has 1 aliphatic rings. The van der Waals surface area contributed by atoms with Gasteiger partial charge < -0.3 is 15.5 Å². The van der Waals surface area contributed by atoms with Crippen molar-refractivity contribution in [2.24, 2.45) is 0 Å². The third-order valence-electron chi connectivity index (χ3n) is 4.53. The van der Waals surface area contributed by atoms with Gasteiger partial charge in [0.05, 0.1) is 5.56 Å². The number of hydrogen-bond donors (Lipinski definition) is 2. The van der Waals surface area contributed by atoms with E-state index in [0.29, 0.717) is 18.2 Å². The first kappa shape index (κ1) is 17.4. The number of anilines is 1. The van der Waals surface area contributed by atoms with Gasteiger partial charge in [-0.25, -0.2) is 4.98 Å². The number of nitrogens with zero attached hydrogens (tertiary/aromatic N) is 2.